The monoisotopic (exact) mass is 337 g/mol. The van der Waals surface area contributed by atoms with Gasteiger partial charge in [0.2, 0.25) is 0 Å². The molecule has 1 atom stereocenters. The van der Waals surface area contributed by atoms with E-state index < -0.39 is 0 Å². The molecule has 15 heavy (non-hydrogen) atoms. The van der Waals surface area contributed by atoms with Crippen LogP contribution in [-0.4, -0.2) is 15.6 Å². The molecule has 0 aliphatic heterocycles. The Balaban J connectivity index is 2.72. The van der Waals surface area contributed by atoms with Gasteiger partial charge in [-0.05, 0) is 52.1 Å². The van der Waals surface area contributed by atoms with Crippen LogP contribution in [0.4, 0.5) is 0 Å². The third kappa shape index (κ3) is 3.29. The fourth-order valence-electron chi connectivity index (χ4n) is 1.31. The maximum absolute atomic E-state index is 4.46. The summed E-state index contributed by atoms with van der Waals surface area (Å²) < 4.78 is 4.05. The van der Waals surface area contributed by atoms with Crippen LogP contribution in [0.5, 0.6) is 0 Å². The molecular weight excluding hydrogens is 322 g/mol. The number of nitrogens with zero attached hydrogens (tertiary/aromatic N) is 2. The largest absolute Gasteiger partial charge is 0.321 e. The molecule has 0 radical (unpaired) electrons. The minimum Gasteiger partial charge on any atom is -0.321 e. The Labute approximate surface area is 108 Å². The molecule has 1 N–H and O–H groups in total. The van der Waals surface area contributed by atoms with Crippen molar-refractivity contribution in [3.8, 4) is 0 Å². The fraction of sp³-hybridized carbons (Fsp3) is 0.700. The van der Waals surface area contributed by atoms with Crippen LogP contribution in [0.15, 0.2) is 9.21 Å². The van der Waals surface area contributed by atoms with Gasteiger partial charge < -0.3 is 9.88 Å². The Kier molecular flexibility index (Phi) is 5.29. The fourth-order valence-corrected chi connectivity index (χ4v) is 2.27. The third-order valence-corrected chi connectivity index (χ3v) is 4.37. The van der Waals surface area contributed by atoms with E-state index in [1.807, 2.05) is 0 Å². The van der Waals surface area contributed by atoms with Crippen molar-refractivity contribution in [2.45, 2.75) is 46.3 Å². The van der Waals surface area contributed by atoms with Crippen molar-refractivity contribution in [1.82, 2.24) is 14.9 Å². The molecule has 86 valence electrons. The number of halogens is 2. The standard InChI is InChI=1S/C10H17Br2N3/c1-4-7(3)13-6-8-14-9(11)10(12)15(8)5-2/h7,13H,4-6H2,1-3H3/t7-/m0/s1. The van der Waals surface area contributed by atoms with Gasteiger partial charge >= 0.3 is 0 Å². The second kappa shape index (κ2) is 6.01. The maximum Gasteiger partial charge on any atom is 0.139 e. The topological polar surface area (TPSA) is 29.9 Å². The van der Waals surface area contributed by atoms with E-state index in [1.54, 1.807) is 0 Å². The van der Waals surface area contributed by atoms with Crippen molar-refractivity contribution in [3.05, 3.63) is 15.0 Å². The summed E-state index contributed by atoms with van der Waals surface area (Å²) in [6, 6.07) is 0.532. The number of hydrogen-bond acceptors (Lipinski definition) is 2. The zero-order chi connectivity index (χ0) is 11.4. The summed E-state index contributed by atoms with van der Waals surface area (Å²) in [5, 5.41) is 3.44. The van der Waals surface area contributed by atoms with Crippen LogP contribution < -0.4 is 5.32 Å². The van der Waals surface area contributed by atoms with Crippen LogP contribution in [0.25, 0.3) is 0 Å². The molecule has 1 heterocycles. The molecule has 0 saturated carbocycles. The lowest BCUT2D eigenvalue weighted by molar-refractivity contribution is 0.509. The van der Waals surface area contributed by atoms with E-state index >= 15 is 0 Å². The van der Waals surface area contributed by atoms with E-state index in [0.717, 1.165) is 34.5 Å². The molecular formula is C10H17Br2N3. The number of hydrogen-bond donors (Lipinski definition) is 1. The van der Waals surface area contributed by atoms with E-state index in [9.17, 15) is 0 Å². The third-order valence-electron chi connectivity index (χ3n) is 2.48. The van der Waals surface area contributed by atoms with Gasteiger partial charge in [0.05, 0.1) is 6.54 Å². The predicted octanol–water partition coefficient (Wildman–Crippen LogP) is 3.32. The van der Waals surface area contributed by atoms with Gasteiger partial charge in [-0.2, -0.15) is 0 Å². The van der Waals surface area contributed by atoms with Gasteiger partial charge in [-0.1, -0.05) is 6.92 Å². The van der Waals surface area contributed by atoms with E-state index in [0.29, 0.717) is 6.04 Å². The van der Waals surface area contributed by atoms with Gasteiger partial charge in [0, 0.05) is 12.6 Å². The van der Waals surface area contributed by atoms with Crippen molar-refractivity contribution in [3.63, 3.8) is 0 Å². The molecule has 0 aliphatic carbocycles. The second-order valence-corrected chi connectivity index (χ2v) is 5.05. The van der Waals surface area contributed by atoms with Gasteiger partial charge in [-0.3, -0.25) is 0 Å². The van der Waals surface area contributed by atoms with E-state index in [1.165, 1.54) is 0 Å². The van der Waals surface area contributed by atoms with Crippen LogP contribution in [0.1, 0.15) is 33.0 Å². The predicted molar refractivity (Wildman–Crippen MR) is 69.9 cm³/mol. The van der Waals surface area contributed by atoms with Crippen molar-refractivity contribution in [1.29, 1.82) is 0 Å². The number of nitrogens with one attached hydrogen (secondary N) is 1. The maximum atomic E-state index is 4.46. The summed E-state index contributed by atoms with van der Waals surface area (Å²) in [4.78, 5) is 4.46. The zero-order valence-electron chi connectivity index (χ0n) is 9.35. The molecule has 5 heteroatoms. The molecule has 0 aromatic carbocycles. The van der Waals surface area contributed by atoms with Gasteiger partial charge in [-0.15, -0.1) is 0 Å². The van der Waals surface area contributed by atoms with Gasteiger partial charge in [0.25, 0.3) is 0 Å². The molecule has 0 fully saturated rings. The summed E-state index contributed by atoms with van der Waals surface area (Å²) in [6.07, 6.45) is 1.13. The summed E-state index contributed by atoms with van der Waals surface area (Å²) in [6.45, 7) is 8.22. The molecule has 0 bridgehead atoms. The minimum absolute atomic E-state index is 0.532. The first-order chi connectivity index (χ1) is 7.10. The first-order valence-corrected chi connectivity index (χ1v) is 6.82. The van der Waals surface area contributed by atoms with Crippen LogP contribution in [0, 0.1) is 0 Å². The quantitative estimate of drug-likeness (QED) is 0.892. The molecule has 1 aromatic heterocycles. The van der Waals surface area contributed by atoms with Crippen LogP contribution in [0.3, 0.4) is 0 Å². The van der Waals surface area contributed by atoms with Crippen molar-refractivity contribution in [2.24, 2.45) is 0 Å². The lowest BCUT2D eigenvalue weighted by atomic mass is 10.2. The molecule has 0 aliphatic rings. The van der Waals surface area contributed by atoms with Crippen molar-refractivity contribution >= 4 is 31.9 Å². The first kappa shape index (κ1) is 13.2. The van der Waals surface area contributed by atoms with E-state index in [4.69, 9.17) is 0 Å². The molecule has 3 nitrogen and oxygen atoms in total. The van der Waals surface area contributed by atoms with Crippen LogP contribution in [0.2, 0.25) is 0 Å². The van der Waals surface area contributed by atoms with Gasteiger partial charge in [0.15, 0.2) is 0 Å². The highest BCUT2D eigenvalue weighted by Crippen LogP contribution is 2.23. The summed E-state index contributed by atoms with van der Waals surface area (Å²) in [7, 11) is 0. The van der Waals surface area contributed by atoms with Crippen LogP contribution in [-0.2, 0) is 13.1 Å². The molecule has 0 spiro atoms. The Bertz CT molecular complexity index is 323. The molecule has 1 aromatic rings. The highest BCUT2D eigenvalue weighted by Gasteiger charge is 2.11. The average Bonchev–Trinajstić information content (AvgIpc) is 2.51. The summed E-state index contributed by atoms with van der Waals surface area (Å²) in [5.74, 6) is 1.07. The summed E-state index contributed by atoms with van der Waals surface area (Å²) >= 11 is 6.94. The number of rotatable bonds is 5. The normalized spacial score (nSPS) is 13.1. The smallest absolute Gasteiger partial charge is 0.139 e. The first-order valence-electron chi connectivity index (χ1n) is 5.23. The van der Waals surface area contributed by atoms with Crippen molar-refractivity contribution in [2.75, 3.05) is 0 Å². The summed E-state index contributed by atoms with van der Waals surface area (Å²) in [5.41, 5.74) is 0. The highest BCUT2D eigenvalue weighted by molar-refractivity contribution is 9.13. The number of imidazole rings is 1. The lowest BCUT2D eigenvalue weighted by Crippen LogP contribution is -2.26. The van der Waals surface area contributed by atoms with Crippen molar-refractivity contribution < 1.29 is 0 Å². The van der Waals surface area contributed by atoms with Gasteiger partial charge in [0.1, 0.15) is 15.0 Å². The van der Waals surface area contributed by atoms with Gasteiger partial charge in [-0.25, -0.2) is 4.98 Å². The molecule has 0 unspecified atom stereocenters. The Morgan fingerprint density at radius 2 is 2.07 bits per heavy atom. The minimum atomic E-state index is 0.532. The molecule has 0 saturated heterocycles. The lowest BCUT2D eigenvalue weighted by Gasteiger charge is -2.11. The number of aromatic nitrogens is 2. The van der Waals surface area contributed by atoms with E-state index in [-0.39, 0.29) is 0 Å². The van der Waals surface area contributed by atoms with Crippen LogP contribution >= 0.6 is 31.9 Å². The Morgan fingerprint density at radius 3 is 2.60 bits per heavy atom. The molecule has 0 amide bonds. The zero-order valence-corrected chi connectivity index (χ0v) is 12.5. The Hall–Kier alpha value is 0.130. The molecule has 1 rings (SSSR count). The average molecular weight is 339 g/mol. The second-order valence-electron chi connectivity index (χ2n) is 3.54. The van der Waals surface area contributed by atoms with E-state index in [2.05, 4.69) is 67.5 Å². The Morgan fingerprint density at radius 1 is 1.40 bits per heavy atom. The SMILES string of the molecule is CC[C@H](C)NCc1nc(Br)c(Br)n1CC. The highest BCUT2D eigenvalue weighted by atomic mass is 79.9.